The van der Waals surface area contributed by atoms with Crippen molar-refractivity contribution in [1.82, 2.24) is 20.1 Å². The maximum atomic E-state index is 12.4. The van der Waals surface area contributed by atoms with Crippen molar-refractivity contribution in [3.05, 3.63) is 24.3 Å². The average Bonchev–Trinajstić information content (AvgIpc) is 3.16. The molecule has 0 saturated heterocycles. The summed E-state index contributed by atoms with van der Waals surface area (Å²) in [4.78, 5) is 12.4. The molecule has 3 atom stereocenters. The fourth-order valence-corrected chi connectivity index (χ4v) is 5.05. The maximum Gasteiger partial charge on any atom is 0.230 e. The van der Waals surface area contributed by atoms with Crippen LogP contribution in [0.1, 0.15) is 65.3 Å². The Hall–Kier alpha value is -2.02. The fourth-order valence-electron chi connectivity index (χ4n) is 4.24. The summed E-state index contributed by atoms with van der Waals surface area (Å²) >= 11 is 1.49. The summed E-state index contributed by atoms with van der Waals surface area (Å²) in [5, 5.41) is 12.9. The summed E-state index contributed by atoms with van der Waals surface area (Å²) in [7, 11) is 1.67. The lowest BCUT2D eigenvalue weighted by atomic mass is 9.85. The molecule has 1 heterocycles. The molecule has 1 aromatic heterocycles. The van der Waals surface area contributed by atoms with Gasteiger partial charge in [-0.1, -0.05) is 44.9 Å². The SMILES string of the molecule is CCC[C@@H](C)NC(=O)CSc1nnc(-c2ccc(OC)cc2)n1[C@H]1CCCC[C@@H]1C. The van der Waals surface area contributed by atoms with Crippen molar-refractivity contribution in [2.75, 3.05) is 12.9 Å². The van der Waals surface area contributed by atoms with Crippen LogP contribution in [0.15, 0.2) is 29.4 Å². The van der Waals surface area contributed by atoms with E-state index in [2.05, 4.69) is 40.9 Å². The minimum atomic E-state index is 0.0539. The van der Waals surface area contributed by atoms with Crippen molar-refractivity contribution >= 4 is 17.7 Å². The molecule has 164 valence electrons. The topological polar surface area (TPSA) is 69.0 Å². The monoisotopic (exact) mass is 430 g/mol. The summed E-state index contributed by atoms with van der Waals surface area (Å²) in [6, 6.07) is 8.52. The summed E-state index contributed by atoms with van der Waals surface area (Å²) < 4.78 is 7.57. The Labute approximate surface area is 184 Å². The minimum absolute atomic E-state index is 0.0539. The molecular weight excluding hydrogens is 396 g/mol. The van der Waals surface area contributed by atoms with Gasteiger partial charge in [-0.05, 0) is 56.4 Å². The van der Waals surface area contributed by atoms with Gasteiger partial charge in [0.05, 0.1) is 12.9 Å². The number of rotatable bonds is 9. The van der Waals surface area contributed by atoms with Gasteiger partial charge in [0.1, 0.15) is 5.75 Å². The molecule has 1 aliphatic carbocycles. The van der Waals surface area contributed by atoms with Crippen LogP contribution in [0.5, 0.6) is 5.75 Å². The first-order chi connectivity index (χ1) is 14.5. The van der Waals surface area contributed by atoms with Crippen molar-refractivity contribution < 1.29 is 9.53 Å². The van der Waals surface area contributed by atoms with Gasteiger partial charge in [-0.2, -0.15) is 0 Å². The van der Waals surface area contributed by atoms with E-state index in [1.54, 1.807) is 7.11 Å². The Morgan fingerprint density at radius 2 is 2.00 bits per heavy atom. The first kappa shape index (κ1) is 22.7. The third-order valence-corrected chi connectivity index (χ3v) is 6.82. The van der Waals surface area contributed by atoms with E-state index < -0.39 is 0 Å². The van der Waals surface area contributed by atoms with Crippen molar-refractivity contribution in [2.24, 2.45) is 5.92 Å². The van der Waals surface area contributed by atoms with E-state index in [4.69, 9.17) is 4.74 Å². The van der Waals surface area contributed by atoms with Crippen LogP contribution in [-0.2, 0) is 4.79 Å². The van der Waals surface area contributed by atoms with E-state index in [-0.39, 0.29) is 11.9 Å². The van der Waals surface area contributed by atoms with Gasteiger partial charge in [0.25, 0.3) is 0 Å². The molecule has 30 heavy (non-hydrogen) atoms. The zero-order valence-electron chi connectivity index (χ0n) is 18.6. The zero-order valence-corrected chi connectivity index (χ0v) is 19.4. The summed E-state index contributed by atoms with van der Waals surface area (Å²) in [5.74, 6) is 2.67. The normalized spacial score (nSPS) is 20.0. The molecule has 0 spiro atoms. The Kier molecular flexibility index (Phi) is 8.19. The molecule has 1 amide bonds. The van der Waals surface area contributed by atoms with Crippen LogP contribution in [0.25, 0.3) is 11.4 Å². The number of ether oxygens (including phenoxy) is 1. The van der Waals surface area contributed by atoms with Crippen LogP contribution in [0.2, 0.25) is 0 Å². The quantitative estimate of drug-likeness (QED) is 0.560. The molecule has 1 fully saturated rings. The van der Waals surface area contributed by atoms with Crippen LogP contribution < -0.4 is 10.1 Å². The lowest BCUT2D eigenvalue weighted by Gasteiger charge is -2.31. The molecule has 6 nitrogen and oxygen atoms in total. The Morgan fingerprint density at radius 3 is 2.67 bits per heavy atom. The number of methoxy groups -OCH3 is 1. The highest BCUT2D eigenvalue weighted by atomic mass is 32.2. The van der Waals surface area contributed by atoms with Crippen molar-refractivity contribution in [3.8, 4) is 17.1 Å². The van der Waals surface area contributed by atoms with Gasteiger partial charge in [-0.15, -0.1) is 10.2 Å². The maximum absolute atomic E-state index is 12.4. The highest BCUT2D eigenvalue weighted by Crippen LogP contribution is 2.39. The second-order valence-electron chi connectivity index (χ2n) is 8.28. The largest absolute Gasteiger partial charge is 0.497 e. The number of hydrogen-bond acceptors (Lipinski definition) is 5. The number of hydrogen-bond donors (Lipinski definition) is 1. The van der Waals surface area contributed by atoms with Crippen LogP contribution in [0.3, 0.4) is 0 Å². The third kappa shape index (κ3) is 5.56. The zero-order chi connectivity index (χ0) is 21.5. The van der Waals surface area contributed by atoms with Gasteiger partial charge in [-0.3, -0.25) is 9.36 Å². The predicted molar refractivity (Wildman–Crippen MR) is 122 cm³/mol. The van der Waals surface area contributed by atoms with Gasteiger partial charge in [0.15, 0.2) is 11.0 Å². The number of carbonyl (C=O) groups is 1. The van der Waals surface area contributed by atoms with E-state index in [0.29, 0.717) is 17.7 Å². The Balaban J connectivity index is 1.83. The molecule has 2 aromatic rings. The van der Waals surface area contributed by atoms with Crippen LogP contribution in [0, 0.1) is 5.92 Å². The number of aromatic nitrogens is 3. The van der Waals surface area contributed by atoms with Crippen molar-refractivity contribution in [2.45, 2.75) is 76.5 Å². The molecule has 0 unspecified atom stereocenters. The van der Waals surface area contributed by atoms with E-state index in [1.807, 2.05) is 24.3 Å². The van der Waals surface area contributed by atoms with Gasteiger partial charge in [-0.25, -0.2) is 0 Å². The molecule has 1 aromatic carbocycles. The molecule has 0 radical (unpaired) electrons. The first-order valence-electron chi connectivity index (χ1n) is 11.0. The number of nitrogens with one attached hydrogen (secondary N) is 1. The van der Waals surface area contributed by atoms with E-state index in [0.717, 1.165) is 41.6 Å². The van der Waals surface area contributed by atoms with Crippen LogP contribution >= 0.6 is 11.8 Å². The number of nitrogens with zero attached hydrogens (tertiary/aromatic N) is 3. The van der Waals surface area contributed by atoms with Crippen molar-refractivity contribution in [3.63, 3.8) is 0 Å². The van der Waals surface area contributed by atoms with E-state index >= 15 is 0 Å². The molecule has 3 rings (SSSR count). The smallest absolute Gasteiger partial charge is 0.230 e. The molecule has 1 saturated carbocycles. The van der Waals surface area contributed by atoms with Crippen LogP contribution in [0.4, 0.5) is 0 Å². The summed E-state index contributed by atoms with van der Waals surface area (Å²) in [5.41, 5.74) is 1.02. The van der Waals surface area contributed by atoms with Gasteiger partial charge >= 0.3 is 0 Å². The Bertz CT molecular complexity index is 821. The fraction of sp³-hybridized carbons (Fsp3) is 0.609. The van der Waals surface area contributed by atoms with Crippen LogP contribution in [-0.4, -0.2) is 39.6 Å². The first-order valence-corrected chi connectivity index (χ1v) is 12.0. The molecule has 1 aliphatic rings. The number of thioether (sulfide) groups is 1. The number of amides is 1. The average molecular weight is 431 g/mol. The predicted octanol–water partition coefficient (Wildman–Crippen LogP) is 5.10. The molecular formula is C23H34N4O2S. The standard InChI is InChI=1S/C23H34N4O2S/c1-5-8-17(3)24-21(28)15-30-23-26-25-22(18-11-13-19(29-4)14-12-18)27(23)20-10-7-6-9-16(20)2/h11-14,16-17,20H,5-10,15H2,1-4H3,(H,24,28)/t16-,17+,20-/m0/s1. The molecule has 7 heteroatoms. The van der Waals surface area contributed by atoms with E-state index in [1.165, 1.54) is 31.0 Å². The van der Waals surface area contributed by atoms with Gasteiger partial charge in [0, 0.05) is 17.6 Å². The van der Waals surface area contributed by atoms with Gasteiger partial charge < -0.3 is 10.1 Å². The Morgan fingerprint density at radius 1 is 1.27 bits per heavy atom. The lowest BCUT2D eigenvalue weighted by Crippen LogP contribution is -2.33. The number of carbonyl (C=O) groups excluding carboxylic acids is 1. The molecule has 0 bridgehead atoms. The second kappa shape index (κ2) is 10.8. The highest BCUT2D eigenvalue weighted by Gasteiger charge is 2.29. The molecule has 0 aliphatic heterocycles. The highest BCUT2D eigenvalue weighted by molar-refractivity contribution is 7.99. The third-order valence-electron chi connectivity index (χ3n) is 5.87. The second-order valence-corrected chi connectivity index (χ2v) is 9.22. The minimum Gasteiger partial charge on any atom is -0.497 e. The van der Waals surface area contributed by atoms with E-state index in [9.17, 15) is 4.79 Å². The lowest BCUT2D eigenvalue weighted by molar-refractivity contribution is -0.119. The number of benzene rings is 1. The van der Waals surface area contributed by atoms with Gasteiger partial charge in [0.2, 0.25) is 5.91 Å². The summed E-state index contributed by atoms with van der Waals surface area (Å²) in [6.45, 7) is 6.50. The molecule has 1 N–H and O–H groups in total. The van der Waals surface area contributed by atoms with Crippen molar-refractivity contribution in [1.29, 1.82) is 0 Å². The summed E-state index contributed by atoms with van der Waals surface area (Å²) in [6.07, 6.45) is 6.88.